The standard InChI is InChI=1S/C28H32ClF2N3O4S/c1-38-18-6-7-23-19(16-18)25(20(29)17-32-23)24(35)8-9-28(27(36)33-37)10-13-34(14-11-28)12-3-15-39-26-21(30)4-2-5-22(26)31/h2,4-7,16-17,24,35,37H,3,8-15H2,1H3,(H,33,36). The monoisotopic (exact) mass is 579 g/mol. The summed E-state index contributed by atoms with van der Waals surface area (Å²) in [5.74, 6) is -0.401. The van der Waals surface area contributed by atoms with Gasteiger partial charge in [-0.15, -0.1) is 11.8 Å². The fourth-order valence-electron chi connectivity index (χ4n) is 5.19. The molecule has 39 heavy (non-hydrogen) atoms. The first kappa shape index (κ1) is 29.5. The molecule has 2 aromatic carbocycles. The second-order valence-corrected chi connectivity index (χ2v) is 11.3. The molecule has 0 aliphatic carbocycles. The van der Waals surface area contributed by atoms with Crippen LogP contribution >= 0.6 is 23.4 Å². The number of aromatic nitrogens is 1. The second kappa shape index (κ2) is 13.2. The normalized spacial score (nSPS) is 16.3. The van der Waals surface area contributed by atoms with Gasteiger partial charge in [0.25, 0.3) is 0 Å². The van der Waals surface area contributed by atoms with Gasteiger partial charge in [0.05, 0.1) is 34.1 Å². The van der Waals surface area contributed by atoms with Gasteiger partial charge in [0, 0.05) is 17.1 Å². The van der Waals surface area contributed by atoms with E-state index in [0.29, 0.717) is 65.3 Å². The highest BCUT2D eigenvalue weighted by molar-refractivity contribution is 7.99. The number of hydrogen-bond acceptors (Lipinski definition) is 7. The maximum absolute atomic E-state index is 13.8. The van der Waals surface area contributed by atoms with Crippen molar-refractivity contribution < 1.29 is 28.6 Å². The van der Waals surface area contributed by atoms with E-state index in [1.165, 1.54) is 24.4 Å². The van der Waals surface area contributed by atoms with Crippen LogP contribution in [0.1, 0.15) is 43.8 Å². The number of aliphatic hydroxyl groups is 1. The van der Waals surface area contributed by atoms with Crippen molar-refractivity contribution in [1.29, 1.82) is 0 Å². The smallest absolute Gasteiger partial charge is 0.249 e. The molecule has 1 fully saturated rings. The lowest BCUT2D eigenvalue weighted by Gasteiger charge is -2.40. The van der Waals surface area contributed by atoms with Crippen molar-refractivity contribution in [3.8, 4) is 5.75 Å². The van der Waals surface area contributed by atoms with Crippen molar-refractivity contribution in [2.24, 2.45) is 5.41 Å². The molecule has 11 heteroatoms. The van der Waals surface area contributed by atoms with Crippen LogP contribution in [0.15, 0.2) is 47.5 Å². The number of rotatable bonds is 11. The molecule has 1 aliphatic heterocycles. The average molecular weight is 580 g/mol. The largest absolute Gasteiger partial charge is 0.497 e. The first-order valence-electron chi connectivity index (χ1n) is 12.8. The molecule has 210 valence electrons. The number of methoxy groups -OCH3 is 1. The van der Waals surface area contributed by atoms with E-state index < -0.39 is 29.1 Å². The van der Waals surface area contributed by atoms with E-state index in [9.17, 15) is 23.9 Å². The summed E-state index contributed by atoms with van der Waals surface area (Å²) in [4.78, 5) is 19.4. The molecule has 4 rings (SSSR count). The summed E-state index contributed by atoms with van der Waals surface area (Å²) < 4.78 is 33.0. The summed E-state index contributed by atoms with van der Waals surface area (Å²) in [7, 11) is 1.56. The Morgan fingerprint density at radius 2 is 1.97 bits per heavy atom. The van der Waals surface area contributed by atoms with Gasteiger partial charge in [-0.2, -0.15) is 0 Å². The van der Waals surface area contributed by atoms with Crippen molar-refractivity contribution in [3.05, 3.63) is 64.8 Å². The van der Waals surface area contributed by atoms with Crippen molar-refractivity contribution in [1.82, 2.24) is 15.4 Å². The maximum atomic E-state index is 13.8. The molecule has 0 bridgehead atoms. The number of likely N-dealkylation sites (tertiary alicyclic amines) is 1. The molecule has 3 aromatic rings. The molecule has 7 nitrogen and oxygen atoms in total. The highest BCUT2D eigenvalue weighted by Crippen LogP contribution is 2.41. The number of benzene rings is 2. The fourth-order valence-corrected chi connectivity index (χ4v) is 6.35. The first-order valence-corrected chi connectivity index (χ1v) is 14.2. The zero-order valence-corrected chi connectivity index (χ0v) is 23.2. The summed E-state index contributed by atoms with van der Waals surface area (Å²) in [6, 6.07) is 9.20. The quantitative estimate of drug-likeness (QED) is 0.115. The third-order valence-electron chi connectivity index (χ3n) is 7.48. The van der Waals surface area contributed by atoms with Crippen LogP contribution in [0.2, 0.25) is 5.02 Å². The Morgan fingerprint density at radius 1 is 1.26 bits per heavy atom. The van der Waals surface area contributed by atoms with Crippen molar-refractivity contribution in [2.75, 3.05) is 32.5 Å². The number of fused-ring (bicyclic) bond motifs is 1. The van der Waals surface area contributed by atoms with Gasteiger partial charge >= 0.3 is 0 Å². The fraction of sp³-hybridized carbons (Fsp3) is 0.429. The number of nitrogens with one attached hydrogen (secondary N) is 1. The molecule has 1 amide bonds. The Balaban J connectivity index is 1.36. The number of piperidine rings is 1. The van der Waals surface area contributed by atoms with Crippen LogP contribution in [0.3, 0.4) is 0 Å². The number of carbonyl (C=O) groups excluding carboxylic acids is 1. The molecule has 2 heterocycles. The lowest BCUT2D eigenvalue weighted by Crippen LogP contribution is -2.48. The molecule has 1 aliphatic rings. The number of nitrogens with zero attached hydrogens (tertiary/aromatic N) is 2. The van der Waals surface area contributed by atoms with E-state index in [-0.39, 0.29) is 11.3 Å². The Morgan fingerprint density at radius 3 is 2.64 bits per heavy atom. The zero-order valence-electron chi connectivity index (χ0n) is 21.6. The minimum absolute atomic E-state index is 0.0360. The lowest BCUT2D eigenvalue weighted by molar-refractivity contribution is -0.143. The number of ether oxygens (including phenoxy) is 1. The minimum atomic E-state index is -0.952. The van der Waals surface area contributed by atoms with Crippen LogP contribution in [-0.2, 0) is 4.79 Å². The maximum Gasteiger partial charge on any atom is 0.249 e. The van der Waals surface area contributed by atoms with Crippen LogP contribution in [0, 0.1) is 17.0 Å². The lowest BCUT2D eigenvalue weighted by atomic mass is 9.73. The third-order valence-corrected chi connectivity index (χ3v) is 8.95. The molecular formula is C28H32ClF2N3O4S. The van der Waals surface area contributed by atoms with E-state index in [2.05, 4.69) is 9.88 Å². The summed E-state index contributed by atoms with van der Waals surface area (Å²) in [6.07, 6.45) is 2.89. The first-order chi connectivity index (χ1) is 18.8. The van der Waals surface area contributed by atoms with Crippen molar-refractivity contribution >= 4 is 40.2 Å². The van der Waals surface area contributed by atoms with Crippen LogP contribution in [-0.4, -0.2) is 58.6 Å². The van der Waals surface area contributed by atoms with E-state index in [1.807, 2.05) is 5.48 Å². The Bertz CT molecular complexity index is 1290. The number of carbonyl (C=O) groups is 1. The average Bonchev–Trinajstić information content (AvgIpc) is 2.95. The SMILES string of the molecule is COc1ccc2ncc(Cl)c(C(O)CCC3(C(=O)NO)CCN(CCCSc4c(F)cccc4F)CC3)c2c1. The molecule has 3 N–H and O–H groups in total. The number of hydroxylamine groups is 1. The predicted molar refractivity (Wildman–Crippen MR) is 147 cm³/mol. The number of halogens is 3. The summed E-state index contributed by atoms with van der Waals surface area (Å²) in [5.41, 5.74) is 2.18. The molecule has 1 unspecified atom stereocenters. The number of aliphatic hydroxyl groups excluding tert-OH is 1. The molecule has 1 atom stereocenters. The minimum Gasteiger partial charge on any atom is -0.497 e. The number of amides is 1. The second-order valence-electron chi connectivity index (χ2n) is 9.77. The Kier molecular flexibility index (Phi) is 10.0. The van der Waals surface area contributed by atoms with E-state index in [4.69, 9.17) is 16.3 Å². The third kappa shape index (κ3) is 6.81. The summed E-state index contributed by atoms with van der Waals surface area (Å²) >= 11 is 7.60. The van der Waals surface area contributed by atoms with Crippen LogP contribution in [0.25, 0.3) is 10.9 Å². The highest BCUT2D eigenvalue weighted by atomic mass is 35.5. The Labute approximate surface area is 235 Å². The van der Waals surface area contributed by atoms with Crippen molar-refractivity contribution in [3.63, 3.8) is 0 Å². The van der Waals surface area contributed by atoms with E-state index in [1.54, 1.807) is 25.3 Å². The van der Waals surface area contributed by atoms with E-state index in [0.717, 1.165) is 24.7 Å². The van der Waals surface area contributed by atoms with Gasteiger partial charge in [0.1, 0.15) is 17.4 Å². The van der Waals surface area contributed by atoms with Gasteiger partial charge in [0.2, 0.25) is 5.91 Å². The number of pyridine rings is 1. The predicted octanol–water partition coefficient (Wildman–Crippen LogP) is 5.76. The van der Waals surface area contributed by atoms with Gasteiger partial charge in [-0.1, -0.05) is 17.7 Å². The highest BCUT2D eigenvalue weighted by Gasteiger charge is 2.41. The molecule has 0 spiro atoms. The number of hydrogen-bond donors (Lipinski definition) is 3. The molecular weight excluding hydrogens is 548 g/mol. The zero-order chi connectivity index (χ0) is 28.0. The number of thioether (sulfide) groups is 1. The van der Waals surface area contributed by atoms with Crippen LogP contribution < -0.4 is 10.2 Å². The molecule has 0 radical (unpaired) electrons. The van der Waals surface area contributed by atoms with Gasteiger partial charge in [-0.05, 0) is 87.8 Å². The van der Waals surface area contributed by atoms with Crippen molar-refractivity contribution in [2.45, 2.75) is 43.1 Å². The summed E-state index contributed by atoms with van der Waals surface area (Å²) in [5, 5.41) is 21.7. The van der Waals surface area contributed by atoms with Gasteiger partial charge in [-0.3, -0.25) is 15.0 Å². The van der Waals surface area contributed by atoms with E-state index >= 15 is 0 Å². The Hall–Kier alpha value is -2.50. The van der Waals surface area contributed by atoms with Gasteiger partial charge in [0.15, 0.2) is 0 Å². The van der Waals surface area contributed by atoms with Crippen LogP contribution in [0.4, 0.5) is 8.78 Å². The van der Waals surface area contributed by atoms with Crippen LogP contribution in [0.5, 0.6) is 5.75 Å². The van der Waals surface area contributed by atoms with Gasteiger partial charge < -0.3 is 14.7 Å². The molecule has 1 aromatic heterocycles. The molecule has 1 saturated heterocycles. The molecule has 0 saturated carbocycles. The summed E-state index contributed by atoms with van der Waals surface area (Å²) in [6.45, 7) is 1.97. The van der Waals surface area contributed by atoms with Gasteiger partial charge in [-0.25, -0.2) is 14.3 Å². The topological polar surface area (TPSA) is 94.9 Å².